The van der Waals surface area contributed by atoms with E-state index < -0.39 is 0 Å². The molecule has 2 N–H and O–H groups in total. The number of amides is 3. The first kappa shape index (κ1) is 17.1. The molecule has 0 spiro atoms. The zero-order valence-electron chi connectivity index (χ0n) is 13.9. The Morgan fingerprint density at radius 2 is 2.04 bits per heavy atom. The Morgan fingerprint density at radius 1 is 1.35 bits per heavy atom. The van der Waals surface area contributed by atoms with Gasteiger partial charge in [0.1, 0.15) is 0 Å². The van der Waals surface area contributed by atoms with Crippen LogP contribution >= 0.6 is 0 Å². The van der Waals surface area contributed by atoms with Gasteiger partial charge in [-0.05, 0) is 31.7 Å². The predicted octanol–water partition coefficient (Wildman–Crippen LogP) is 1.78. The summed E-state index contributed by atoms with van der Waals surface area (Å²) in [5.41, 5.74) is 1.36. The van der Waals surface area contributed by atoms with Crippen LogP contribution in [0, 0.1) is 12.8 Å². The van der Waals surface area contributed by atoms with Crippen molar-refractivity contribution in [2.24, 2.45) is 5.92 Å². The number of nitrogens with one attached hydrogen (secondary N) is 2. The van der Waals surface area contributed by atoms with Gasteiger partial charge < -0.3 is 20.3 Å². The second-order valence-corrected chi connectivity index (χ2v) is 5.77. The maximum absolute atomic E-state index is 12.0. The molecule has 1 aliphatic heterocycles. The fourth-order valence-corrected chi connectivity index (χ4v) is 2.64. The first-order chi connectivity index (χ1) is 11.0. The standard InChI is InChI=1S/C16H24N4O3/c1-11-14(4-5-15(18-11)23-3)19-16(22)17-10-13-6-8-20(9-7-13)12(2)21/h4-5,13H,6-10H2,1-3H3,(H2,17,19,22). The lowest BCUT2D eigenvalue weighted by Crippen LogP contribution is -2.41. The van der Waals surface area contributed by atoms with E-state index in [9.17, 15) is 9.59 Å². The van der Waals surface area contributed by atoms with Gasteiger partial charge in [-0.2, -0.15) is 0 Å². The number of piperidine rings is 1. The molecule has 0 bridgehead atoms. The zero-order valence-corrected chi connectivity index (χ0v) is 13.9. The fraction of sp³-hybridized carbons (Fsp3) is 0.562. The molecule has 0 radical (unpaired) electrons. The Bertz CT molecular complexity index is 568. The second kappa shape index (κ2) is 7.80. The van der Waals surface area contributed by atoms with Gasteiger partial charge in [0, 0.05) is 32.6 Å². The van der Waals surface area contributed by atoms with Crippen LogP contribution in [0.25, 0.3) is 0 Å². The number of hydrogen-bond donors (Lipinski definition) is 2. The number of anilines is 1. The summed E-state index contributed by atoms with van der Waals surface area (Å²) in [5.74, 6) is 1.05. The average molecular weight is 320 g/mol. The number of aryl methyl sites for hydroxylation is 1. The Labute approximate surface area is 136 Å². The zero-order chi connectivity index (χ0) is 16.8. The van der Waals surface area contributed by atoms with E-state index in [-0.39, 0.29) is 11.9 Å². The Morgan fingerprint density at radius 3 is 2.61 bits per heavy atom. The third-order valence-corrected chi connectivity index (χ3v) is 4.13. The minimum Gasteiger partial charge on any atom is -0.481 e. The number of nitrogens with zero attached hydrogens (tertiary/aromatic N) is 2. The number of aromatic nitrogens is 1. The molecule has 1 aliphatic rings. The molecule has 2 heterocycles. The van der Waals surface area contributed by atoms with Gasteiger partial charge in [0.25, 0.3) is 0 Å². The molecular formula is C16H24N4O3. The van der Waals surface area contributed by atoms with E-state index in [1.165, 1.54) is 0 Å². The van der Waals surface area contributed by atoms with Crippen LogP contribution in [0.3, 0.4) is 0 Å². The third kappa shape index (κ3) is 4.84. The molecule has 1 saturated heterocycles. The number of urea groups is 1. The number of rotatable bonds is 4. The molecule has 3 amide bonds. The van der Waals surface area contributed by atoms with Crippen LogP contribution in [-0.4, -0.2) is 48.6 Å². The molecule has 23 heavy (non-hydrogen) atoms. The number of carbonyl (C=O) groups is 2. The maximum atomic E-state index is 12.0. The number of hydrogen-bond acceptors (Lipinski definition) is 4. The van der Waals surface area contributed by atoms with Gasteiger partial charge in [0.2, 0.25) is 11.8 Å². The quantitative estimate of drug-likeness (QED) is 0.886. The first-order valence-electron chi connectivity index (χ1n) is 7.81. The van der Waals surface area contributed by atoms with Crippen LogP contribution in [0.15, 0.2) is 12.1 Å². The number of methoxy groups -OCH3 is 1. The summed E-state index contributed by atoms with van der Waals surface area (Å²) in [6.07, 6.45) is 1.84. The van der Waals surface area contributed by atoms with E-state index in [1.54, 1.807) is 26.2 Å². The Balaban J connectivity index is 1.76. The topological polar surface area (TPSA) is 83.6 Å². The van der Waals surface area contributed by atoms with Gasteiger partial charge in [-0.15, -0.1) is 0 Å². The van der Waals surface area contributed by atoms with Crippen molar-refractivity contribution in [1.29, 1.82) is 0 Å². The molecule has 0 aliphatic carbocycles. The number of ether oxygens (including phenoxy) is 1. The molecule has 0 aromatic carbocycles. The van der Waals surface area contributed by atoms with Crippen LogP contribution < -0.4 is 15.4 Å². The van der Waals surface area contributed by atoms with E-state index in [0.717, 1.165) is 25.9 Å². The number of likely N-dealkylation sites (tertiary alicyclic amines) is 1. The lowest BCUT2D eigenvalue weighted by Gasteiger charge is -2.31. The molecule has 0 atom stereocenters. The van der Waals surface area contributed by atoms with E-state index in [1.807, 2.05) is 11.8 Å². The molecule has 0 saturated carbocycles. The third-order valence-electron chi connectivity index (χ3n) is 4.13. The summed E-state index contributed by atoms with van der Waals surface area (Å²) in [7, 11) is 1.55. The summed E-state index contributed by atoms with van der Waals surface area (Å²) in [4.78, 5) is 29.3. The minimum atomic E-state index is -0.242. The lowest BCUT2D eigenvalue weighted by molar-refractivity contribution is -0.130. The van der Waals surface area contributed by atoms with Gasteiger partial charge in [-0.3, -0.25) is 4.79 Å². The van der Waals surface area contributed by atoms with Crippen molar-refractivity contribution in [3.8, 4) is 5.88 Å². The maximum Gasteiger partial charge on any atom is 0.319 e. The van der Waals surface area contributed by atoms with Crippen LogP contribution in [0.1, 0.15) is 25.5 Å². The molecule has 0 unspecified atom stereocenters. The van der Waals surface area contributed by atoms with Crippen molar-refractivity contribution < 1.29 is 14.3 Å². The molecule has 126 valence electrons. The minimum absolute atomic E-state index is 0.122. The normalized spacial score (nSPS) is 15.2. The van der Waals surface area contributed by atoms with Crippen LogP contribution in [0.4, 0.5) is 10.5 Å². The van der Waals surface area contributed by atoms with Gasteiger partial charge >= 0.3 is 6.03 Å². The second-order valence-electron chi connectivity index (χ2n) is 5.77. The summed E-state index contributed by atoms with van der Waals surface area (Å²) < 4.78 is 5.04. The molecule has 1 aromatic rings. The number of carbonyl (C=O) groups excluding carboxylic acids is 2. The van der Waals surface area contributed by atoms with Crippen molar-refractivity contribution in [3.05, 3.63) is 17.8 Å². The van der Waals surface area contributed by atoms with Crippen LogP contribution in [-0.2, 0) is 4.79 Å². The van der Waals surface area contributed by atoms with Crippen molar-refractivity contribution in [2.45, 2.75) is 26.7 Å². The molecular weight excluding hydrogens is 296 g/mol. The highest BCUT2D eigenvalue weighted by molar-refractivity contribution is 5.89. The molecule has 1 fully saturated rings. The fourth-order valence-electron chi connectivity index (χ4n) is 2.64. The molecule has 7 heteroatoms. The summed E-state index contributed by atoms with van der Waals surface area (Å²) in [6.45, 7) is 5.56. The summed E-state index contributed by atoms with van der Waals surface area (Å²) >= 11 is 0. The van der Waals surface area contributed by atoms with Crippen LogP contribution in [0.2, 0.25) is 0 Å². The highest BCUT2D eigenvalue weighted by Crippen LogP contribution is 2.18. The summed E-state index contributed by atoms with van der Waals surface area (Å²) in [6, 6.07) is 3.24. The van der Waals surface area contributed by atoms with E-state index >= 15 is 0 Å². The first-order valence-corrected chi connectivity index (χ1v) is 7.81. The smallest absolute Gasteiger partial charge is 0.319 e. The van der Waals surface area contributed by atoms with E-state index in [2.05, 4.69) is 15.6 Å². The molecule has 2 rings (SSSR count). The number of pyridine rings is 1. The van der Waals surface area contributed by atoms with E-state index in [4.69, 9.17) is 4.74 Å². The van der Waals surface area contributed by atoms with Gasteiger partial charge in [-0.1, -0.05) is 0 Å². The van der Waals surface area contributed by atoms with E-state index in [0.29, 0.717) is 29.7 Å². The molecule has 1 aromatic heterocycles. The van der Waals surface area contributed by atoms with Gasteiger partial charge in [0.05, 0.1) is 18.5 Å². The van der Waals surface area contributed by atoms with Gasteiger partial charge in [0.15, 0.2) is 0 Å². The molecule has 7 nitrogen and oxygen atoms in total. The largest absolute Gasteiger partial charge is 0.481 e. The highest BCUT2D eigenvalue weighted by atomic mass is 16.5. The van der Waals surface area contributed by atoms with Crippen molar-refractivity contribution >= 4 is 17.6 Å². The summed E-state index contributed by atoms with van der Waals surface area (Å²) in [5, 5.41) is 5.68. The van der Waals surface area contributed by atoms with Gasteiger partial charge in [-0.25, -0.2) is 9.78 Å². The van der Waals surface area contributed by atoms with Crippen molar-refractivity contribution in [3.63, 3.8) is 0 Å². The highest BCUT2D eigenvalue weighted by Gasteiger charge is 2.21. The Hall–Kier alpha value is -2.31. The SMILES string of the molecule is COc1ccc(NC(=O)NCC2CCN(C(C)=O)CC2)c(C)n1. The van der Waals surface area contributed by atoms with Crippen molar-refractivity contribution in [2.75, 3.05) is 32.1 Å². The monoisotopic (exact) mass is 320 g/mol. The van der Waals surface area contributed by atoms with Crippen LogP contribution in [0.5, 0.6) is 5.88 Å². The van der Waals surface area contributed by atoms with Crippen molar-refractivity contribution in [1.82, 2.24) is 15.2 Å². The average Bonchev–Trinajstić information content (AvgIpc) is 2.55. The predicted molar refractivity (Wildman–Crippen MR) is 87.5 cm³/mol. The Kier molecular flexibility index (Phi) is 5.78. The lowest BCUT2D eigenvalue weighted by atomic mass is 9.97.